The molecule has 108 valence electrons. The van der Waals surface area contributed by atoms with Crippen molar-refractivity contribution in [2.24, 2.45) is 4.99 Å². The molecule has 0 saturated carbocycles. The van der Waals surface area contributed by atoms with Crippen molar-refractivity contribution in [1.29, 1.82) is 0 Å². The summed E-state index contributed by atoms with van der Waals surface area (Å²) in [5.41, 5.74) is 1.06. The SMILES string of the molecule is CN=C(NCc1ccc(OC)cc1OC)N(C)C.I. The zero-order valence-corrected chi connectivity index (χ0v) is 14.4. The van der Waals surface area contributed by atoms with Gasteiger partial charge in [-0.05, 0) is 12.1 Å². The van der Waals surface area contributed by atoms with Crippen LogP contribution in [0.4, 0.5) is 0 Å². The van der Waals surface area contributed by atoms with Crippen LogP contribution in [0.15, 0.2) is 23.2 Å². The van der Waals surface area contributed by atoms with Crippen molar-refractivity contribution in [3.63, 3.8) is 0 Å². The highest BCUT2D eigenvalue weighted by molar-refractivity contribution is 14.0. The van der Waals surface area contributed by atoms with Crippen molar-refractivity contribution in [2.75, 3.05) is 35.4 Å². The number of methoxy groups -OCH3 is 2. The van der Waals surface area contributed by atoms with E-state index in [4.69, 9.17) is 9.47 Å². The van der Waals surface area contributed by atoms with Crippen LogP contribution in [0.2, 0.25) is 0 Å². The first-order chi connectivity index (χ1) is 8.62. The first-order valence-corrected chi connectivity index (χ1v) is 5.71. The molecule has 6 heteroatoms. The van der Waals surface area contributed by atoms with Gasteiger partial charge in [-0.15, -0.1) is 24.0 Å². The summed E-state index contributed by atoms with van der Waals surface area (Å²) in [5.74, 6) is 2.41. The highest BCUT2D eigenvalue weighted by Crippen LogP contribution is 2.24. The molecule has 0 spiro atoms. The molecule has 1 aromatic carbocycles. The maximum atomic E-state index is 5.34. The number of ether oxygens (including phenoxy) is 2. The topological polar surface area (TPSA) is 46.1 Å². The minimum atomic E-state index is 0. The van der Waals surface area contributed by atoms with Crippen LogP contribution < -0.4 is 14.8 Å². The lowest BCUT2D eigenvalue weighted by Gasteiger charge is -2.18. The van der Waals surface area contributed by atoms with Crippen molar-refractivity contribution >= 4 is 29.9 Å². The molecule has 0 bridgehead atoms. The number of hydrogen-bond donors (Lipinski definition) is 1. The van der Waals surface area contributed by atoms with E-state index < -0.39 is 0 Å². The normalized spacial score (nSPS) is 10.5. The van der Waals surface area contributed by atoms with E-state index in [1.165, 1.54) is 0 Å². The molecule has 0 fully saturated rings. The molecule has 5 nitrogen and oxygen atoms in total. The largest absolute Gasteiger partial charge is 0.497 e. The quantitative estimate of drug-likeness (QED) is 0.494. The Bertz CT molecular complexity index is 422. The third-order valence-corrected chi connectivity index (χ3v) is 2.57. The molecule has 0 saturated heterocycles. The summed E-state index contributed by atoms with van der Waals surface area (Å²) in [6.07, 6.45) is 0. The fraction of sp³-hybridized carbons (Fsp3) is 0.462. The molecule has 0 amide bonds. The second-order valence-electron chi connectivity index (χ2n) is 3.97. The number of aliphatic imine (C=N–C) groups is 1. The molecule has 0 heterocycles. The van der Waals surface area contributed by atoms with Gasteiger partial charge in [-0.25, -0.2) is 0 Å². The average molecular weight is 379 g/mol. The standard InChI is InChI=1S/C13H21N3O2.HI/c1-14-13(16(2)3)15-9-10-6-7-11(17-4)8-12(10)18-5;/h6-8H,9H2,1-5H3,(H,14,15);1H. The molecule has 1 rings (SSSR count). The monoisotopic (exact) mass is 379 g/mol. The second-order valence-corrected chi connectivity index (χ2v) is 3.97. The fourth-order valence-electron chi connectivity index (χ4n) is 1.61. The van der Waals surface area contributed by atoms with Gasteiger partial charge in [0.25, 0.3) is 0 Å². The number of benzene rings is 1. The summed E-state index contributed by atoms with van der Waals surface area (Å²) < 4.78 is 10.5. The van der Waals surface area contributed by atoms with Gasteiger partial charge < -0.3 is 19.7 Å². The Morgan fingerprint density at radius 3 is 2.42 bits per heavy atom. The molecule has 0 aliphatic rings. The molecule has 1 N–H and O–H groups in total. The minimum absolute atomic E-state index is 0. The number of halogens is 1. The summed E-state index contributed by atoms with van der Waals surface area (Å²) in [5, 5.41) is 3.25. The van der Waals surface area contributed by atoms with Crippen molar-refractivity contribution in [3.05, 3.63) is 23.8 Å². The first-order valence-electron chi connectivity index (χ1n) is 5.71. The van der Waals surface area contributed by atoms with Crippen LogP contribution in [-0.4, -0.2) is 46.2 Å². The van der Waals surface area contributed by atoms with Crippen LogP contribution >= 0.6 is 24.0 Å². The second kappa shape index (κ2) is 8.84. The van der Waals surface area contributed by atoms with E-state index in [1.807, 2.05) is 37.2 Å². The highest BCUT2D eigenvalue weighted by Gasteiger charge is 2.06. The Morgan fingerprint density at radius 1 is 1.26 bits per heavy atom. The van der Waals surface area contributed by atoms with E-state index in [0.717, 1.165) is 23.0 Å². The van der Waals surface area contributed by atoms with Crippen molar-refractivity contribution in [2.45, 2.75) is 6.54 Å². The number of hydrogen-bond acceptors (Lipinski definition) is 3. The highest BCUT2D eigenvalue weighted by atomic mass is 127. The molecule has 0 aromatic heterocycles. The summed E-state index contributed by atoms with van der Waals surface area (Å²) in [7, 11) is 8.94. The van der Waals surface area contributed by atoms with E-state index in [1.54, 1.807) is 21.3 Å². The van der Waals surface area contributed by atoms with E-state index >= 15 is 0 Å². The molecular formula is C13H22IN3O2. The third-order valence-electron chi connectivity index (χ3n) is 2.57. The summed E-state index contributed by atoms with van der Waals surface area (Å²) >= 11 is 0. The lowest BCUT2D eigenvalue weighted by Crippen LogP contribution is -2.35. The Balaban J connectivity index is 0.00000324. The van der Waals surface area contributed by atoms with Gasteiger partial charge in [0.2, 0.25) is 0 Å². The fourth-order valence-corrected chi connectivity index (χ4v) is 1.61. The molecule has 19 heavy (non-hydrogen) atoms. The van der Waals surface area contributed by atoms with Gasteiger partial charge >= 0.3 is 0 Å². The molecule has 0 atom stereocenters. The Labute approximate surface area is 132 Å². The predicted molar refractivity (Wildman–Crippen MR) is 88.8 cm³/mol. The van der Waals surface area contributed by atoms with Gasteiger partial charge in [-0.2, -0.15) is 0 Å². The van der Waals surface area contributed by atoms with Crippen LogP contribution in [0, 0.1) is 0 Å². The molecule has 1 aromatic rings. The number of guanidine groups is 1. The molecule has 0 radical (unpaired) electrons. The van der Waals surface area contributed by atoms with E-state index in [2.05, 4.69) is 10.3 Å². The van der Waals surface area contributed by atoms with Crippen LogP contribution in [0.5, 0.6) is 11.5 Å². The van der Waals surface area contributed by atoms with Crippen molar-refractivity contribution in [1.82, 2.24) is 10.2 Å². The van der Waals surface area contributed by atoms with Crippen LogP contribution in [-0.2, 0) is 6.54 Å². The number of nitrogens with one attached hydrogen (secondary N) is 1. The zero-order chi connectivity index (χ0) is 13.5. The zero-order valence-electron chi connectivity index (χ0n) is 12.1. The molecule has 0 unspecified atom stereocenters. The third kappa shape index (κ3) is 5.14. The van der Waals surface area contributed by atoms with Gasteiger partial charge in [0.05, 0.1) is 14.2 Å². The van der Waals surface area contributed by atoms with Crippen molar-refractivity contribution in [3.8, 4) is 11.5 Å². The predicted octanol–water partition coefficient (Wildman–Crippen LogP) is 1.96. The van der Waals surface area contributed by atoms with Gasteiger partial charge in [0.1, 0.15) is 11.5 Å². The van der Waals surface area contributed by atoms with E-state index in [0.29, 0.717) is 6.54 Å². The van der Waals surface area contributed by atoms with Gasteiger partial charge in [-0.1, -0.05) is 0 Å². The van der Waals surface area contributed by atoms with Gasteiger partial charge in [-0.3, -0.25) is 4.99 Å². The number of rotatable bonds is 4. The molecule has 0 aliphatic carbocycles. The Morgan fingerprint density at radius 2 is 1.95 bits per heavy atom. The van der Waals surface area contributed by atoms with Gasteiger partial charge in [0.15, 0.2) is 5.96 Å². The van der Waals surface area contributed by atoms with Crippen LogP contribution in [0.1, 0.15) is 5.56 Å². The lowest BCUT2D eigenvalue weighted by molar-refractivity contribution is 0.390. The average Bonchev–Trinajstić information content (AvgIpc) is 2.39. The Hall–Kier alpha value is -1.18. The van der Waals surface area contributed by atoms with Crippen LogP contribution in [0.3, 0.4) is 0 Å². The van der Waals surface area contributed by atoms with Gasteiger partial charge in [0, 0.05) is 39.3 Å². The minimum Gasteiger partial charge on any atom is -0.497 e. The summed E-state index contributed by atoms with van der Waals surface area (Å²) in [4.78, 5) is 6.08. The van der Waals surface area contributed by atoms with E-state index in [-0.39, 0.29) is 24.0 Å². The maximum Gasteiger partial charge on any atom is 0.193 e. The number of nitrogens with zero attached hydrogens (tertiary/aromatic N) is 2. The molecule has 0 aliphatic heterocycles. The summed E-state index contributed by atoms with van der Waals surface area (Å²) in [6, 6.07) is 5.76. The first kappa shape index (κ1) is 17.8. The smallest absolute Gasteiger partial charge is 0.193 e. The van der Waals surface area contributed by atoms with E-state index in [9.17, 15) is 0 Å². The van der Waals surface area contributed by atoms with Crippen LogP contribution in [0.25, 0.3) is 0 Å². The lowest BCUT2D eigenvalue weighted by atomic mass is 10.2. The Kier molecular flexibility index (Phi) is 8.29. The van der Waals surface area contributed by atoms with Crippen molar-refractivity contribution < 1.29 is 9.47 Å². The summed E-state index contributed by atoms with van der Waals surface area (Å²) in [6.45, 7) is 0.651. The molecular weight excluding hydrogens is 357 g/mol. The maximum absolute atomic E-state index is 5.34.